The van der Waals surface area contributed by atoms with Crippen LogP contribution in [-0.2, 0) is 11.3 Å². The normalized spacial score (nSPS) is 10.9. The molecule has 84 valence electrons. The number of methoxy groups -OCH3 is 1. The number of aromatic carboxylic acids is 1. The summed E-state index contributed by atoms with van der Waals surface area (Å²) in [6.45, 7) is 0.318. The summed E-state index contributed by atoms with van der Waals surface area (Å²) in [5, 5.41) is 10.1. The monoisotopic (exact) mass is 300 g/mol. The van der Waals surface area contributed by atoms with Gasteiger partial charge in [-0.15, -0.1) is 11.3 Å². The van der Waals surface area contributed by atoms with Crippen molar-refractivity contribution in [3.05, 3.63) is 33.1 Å². The molecule has 0 spiro atoms. The first kappa shape index (κ1) is 11.6. The number of ether oxygens (including phenoxy) is 1. The van der Waals surface area contributed by atoms with Gasteiger partial charge in [-0.2, -0.15) is 0 Å². The Balaban J connectivity index is 2.75. The van der Waals surface area contributed by atoms with Gasteiger partial charge in [0, 0.05) is 27.2 Å². The van der Waals surface area contributed by atoms with E-state index in [1.165, 1.54) is 11.3 Å². The van der Waals surface area contributed by atoms with Crippen LogP contribution in [0.5, 0.6) is 0 Å². The molecule has 1 aromatic heterocycles. The number of hydrogen-bond donors (Lipinski definition) is 1. The second-order valence-electron chi connectivity index (χ2n) is 3.26. The average molecular weight is 301 g/mol. The molecule has 0 radical (unpaired) electrons. The molecule has 1 aromatic carbocycles. The first-order valence-electron chi connectivity index (χ1n) is 4.57. The first-order chi connectivity index (χ1) is 7.65. The third-order valence-corrected chi connectivity index (χ3v) is 4.45. The second kappa shape index (κ2) is 4.53. The molecule has 0 aliphatic rings. The highest BCUT2D eigenvalue weighted by molar-refractivity contribution is 9.10. The van der Waals surface area contributed by atoms with E-state index in [0.29, 0.717) is 11.5 Å². The van der Waals surface area contributed by atoms with Crippen LogP contribution < -0.4 is 0 Å². The lowest BCUT2D eigenvalue weighted by molar-refractivity contribution is 0.0698. The Morgan fingerprint density at radius 3 is 2.94 bits per heavy atom. The van der Waals surface area contributed by atoms with Crippen molar-refractivity contribution in [1.82, 2.24) is 0 Å². The molecule has 1 heterocycles. The van der Waals surface area contributed by atoms with Crippen LogP contribution in [0.15, 0.2) is 22.7 Å². The van der Waals surface area contributed by atoms with Gasteiger partial charge in [0.1, 0.15) is 4.88 Å². The minimum absolute atomic E-state index is 0.318. The van der Waals surface area contributed by atoms with E-state index in [2.05, 4.69) is 15.9 Å². The number of benzene rings is 1. The van der Waals surface area contributed by atoms with Gasteiger partial charge in [0.05, 0.1) is 6.61 Å². The van der Waals surface area contributed by atoms with Gasteiger partial charge >= 0.3 is 5.97 Å². The van der Waals surface area contributed by atoms with Crippen molar-refractivity contribution in [2.45, 2.75) is 6.61 Å². The molecular weight excluding hydrogens is 292 g/mol. The summed E-state index contributed by atoms with van der Waals surface area (Å²) in [5.41, 5.74) is 0.747. The van der Waals surface area contributed by atoms with E-state index in [0.717, 1.165) is 20.1 Å². The summed E-state index contributed by atoms with van der Waals surface area (Å²) >= 11 is 4.69. The summed E-state index contributed by atoms with van der Waals surface area (Å²) in [6, 6.07) is 5.71. The Morgan fingerprint density at radius 1 is 1.56 bits per heavy atom. The molecule has 0 saturated heterocycles. The molecule has 0 fully saturated rings. The molecule has 2 rings (SSSR count). The standard InChI is InChI=1S/C11H9BrO3S/c1-15-5-7-6-3-2-4-8(12)9(6)16-10(7)11(13)14/h2-4H,5H2,1H3,(H,13,14). The number of rotatable bonds is 3. The maximum absolute atomic E-state index is 11.1. The molecule has 0 saturated carbocycles. The van der Waals surface area contributed by atoms with Crippen LogP contribution in [-0.4, -0.2) is 18.2 Å². The van der Waals surface area contributed by atoms with Gasteiger partial charge in [0.25, 0.3) is 0 Å². The van der Waals surface area contributed by atoms with Gasteiger partial charge in [-0.05, 0) is 22.0 Å². The number of thiophene rings is 1. The van der Waals surface area contributed by atoms with Crippen molar-refractivity contribution in [3.63, 3.8) is 0 Å². The van der Waals surface area contributed by atoms with E-state index < -0.39 is 5.97 Å². The summed E-state index contributed by atoms with van der Waals surface area (Å²) in [4.78, 5) is 11.5. The lowest BCUT2D eigenvalue weighted by Crippen LogP contribution is -1.98. The summed E-state index contributed by atoms with van der Waals surface area (Å²) in [7, 11) is 1.56. The Labute approximate surface area is 105 Å². The number of carbonyl (C=O) groups is 1. The molecule has 2 aromatic rings. The van der Waals surface area contributed by atoms with E-state index in [1.54, 1.807) is 7.11 Å². The molecule has 1 N–H and O–H groups in total. The minimum atomic E-state index is -0.903. The maximum Gasteiger partial charge on any atom is 0.346 e. The molecule has 16 heavy (non-hydrogen) atoms. The third kappa shape index (κ3) is 1.86. The lowest BCUT2D eigenvalue weighted by Gasteiger charge is -1.99. The molecule has 0 aliphatic heterocycles. The molecule has 0 amide bonds. The summed E-state index contributed by atoms with van der Waals surface area (Å²) in [5.74, 6) is -0.903. The van der Waals surface area contributed by atoms with Crippen molar-refractivity contribution in [2.75, 3.05) is 7.11 Å². The molecular formula is C11H9BrO3S. The van der Waals surface area contributed by atoms with E-state index in [-0.39, 0.29) is 0 Å². The zero-order valence-corrected chi connectivity index (χ0v) is 10.9. The lowest BCUT2D eigenvalue weighted by atomic mass is 10.1. The highest BCUT2D eigenvalue weighted by Gasteiger charge is 2.18. The van der Waals surface area contributed by atoms with Gasteiger partial charge in [0.15, 0.2) is 0 Å². The van der Waals surface area contributed by atoms with Crippen LogP contribution in [0, 0.1) is 0 Å². The van der Waals surface area contributed by atoms with E-state index in [1.807, 2.05) is 18.2 Å². The molecule has 0 unspecified atom stereocenters. The van der Waals surface area contributed by atoms with Gasteiger partial charge in [-0.3, -0.25) is 0 Å². The molecule has 3 nitrogen and oxygen atoms in total. The van der Waals surface area contributed by atoms with Crippen molar-refractivity contribution in [1.29, 1.82) is 0 Å². The minimum Gasteiger partial charge on any atom is -0.477 e. The van der Waals surface area contributed by atoms with Crippen LogP contribution in [0.3, 0.4) is 0 Å². The smallest absolute Gasteiger partial charge is 0.346 e. The van der Waals surface area contributed by atoms with Crippen molar-refractivity contribution in [3.8, 4) is 0 Å². The van der Waals surface area contributed by atoms with Crippen LogP contribution in [0.25, 0.3) is 10.1 Å². The number of carboxylic acids is 1. The quantitative estimate of drug-likeness (QED) is 0.943. The van der Waals surface area contributed by atoms with Crippen molar-refractivity contribution >= 4 is 43.3 Å². The first-order valence-corrected chi connectivity index (χ1v) is 6.18. The van der Waals surface area contributed by atoms with Crippen LogP contribution in [0.4, 0.5) is 0 Å². The number of fused-ring (bicyclic) bond motifs is 1. The number of halogens is 1. The SMILES string of the molecule is COCc1c(C(=O)O)sc2c(Br)cccc12. The summed E-state index contributed by atoms with van der Waals surface area (Å²) in [6.07, 6.45) is 0. The Bertz CT molecular complexity index is 547. The van der Waals surface area contributed by atoms with Crippen LogP contribution in [0.2, 0.25) is 0 Å². The van der Waals surface area contributed by atoms with E-state index >= 15 is 0 Å². The molecule has 0 atom stereocenters. The van der Waals surface area contributed by atoms with Gasteiger partial charge in [-0.1, -0.05) is 12.1 Å². The van der Waals surface area contributed by atoms with Crippen molar-refractivity contribution in [2.24, 2.45) is 0 Å². The predicted octanol–water partition coefficient (Wildman–Crippen LogP) is 3.51. The molecule has 0 bridgehead atoms. The van der Waals surface area contributed by atoms with E-state index in [4.69, 9.17) is 9.84 Å². The summed E-state index contributed by atoms with van der Waals surface area (Å²) < 4.78 is 6.92. The fraction of sp³-hybridized carbons (Fsp3) is 0.182. The third-order valence-electron chi connectivity index (χ3n) is 2.25. The zero-order chi connectivity index (χ0) is 11.7. The Morgan fingerprint density at radius 2 is 2.31 bits per heavy atom. The maximum atomic E-state index is 11.1. The van der Waals surface area contributed by atoms with Gasteiger partial charge < -0.3 is 9.84 Å². The highest BCUT2D eigenvalue weighted by atomic mass is 79.9. The number of carboxylic acid groups (broad SMARTS) is 1. The predicted molar refractivity (Wildman–Crippen MR) is 67.2 cm³/mol. The fourth-order valence-corrected chi connectivity index (χ4v) is 3.26. The fourth-order valence-electron chi connectivity index (χ4n) is 1.60. The van der Waals surface area contributed by atoms with Gasteiger partial charge in [0.2, 0.25) is 0 Å². The average Bonchev–Trinajstić information content (AvgIpc) is 2.60. The largest absolute Gasteiger partial charge is 0.477 e. The second-order valence-corrected chi connectivity index (χ2v) is 5.14. The number of hydrogen-bond acceptors (Lipinski definition) is 3. The van der Waals surface area contributed by atoms with Crippen LogP contribution in [0.1, 0.15) is 15.2 Å². The van der Waals surface area contributed by atoms with Crippen LogP contribution >= 0.6 is 27.3 Å². The molecule has 0 aliphatic carbocycles. The topological polar surface area (TPSA) is 46.5 Å². The van der Waals surface area contributed by atoms with Crippen molar-refractivity contribution < 1.29 is 14.6 Å². The van der Waals surface area contributed by atoms with Gasteiger partial charge in [-0.25, -0.2) is 4.79 Å². The van der Waals surface area contributed by atoms with E-state index in [9.17, 15) is 4.79 Å². The Hall–Kier alpha value is -0.910. The highest BCUT2D eigenvalue weighted by Crippen LogP contribution is 2.36. The molecule has 5 heteroatoms. The Kier molecular flexibility index (Phi) is 3.28. The zero-order valence-electron chi connectivity index (χ0n) is 8.49.